The van der Waals surface area contributed by atoms with Gasteiger partial charge in [0, 0.05) is 18.5 Å². The van der Waals surface area contributed by atoms with E-state index in [1.807, 2.05) is 0 Å². The third kappa shape index (κ3) is 4.30. The van der Waals surface area contributed by atoms with Gasteiger partial charge in [0.25, 0.3) is 5.91 Å². The number of hydrogen-bond donors (Lipinski definition) is 0. The molecule has 24 heavy (non-hydrogen) atoms. The van der Waals surface area contributed by atoms with Crippen LogP contribution < -0.4 is 0 Å². The minimum Gasteiger partial charge on any atom is -0.382 e. The summed E-state index contributed by atoms with van der Waals surface area (Å²) in [4.78, 5) is 17.5. The Bertz CT molecular complexity index is 672. The van der Waals surface area contributed by atoms with Gasteiger partial charge in [0.05, 0.1) is 5.71 Å². The van der Waals surface area contributed by atoms with Crippen LogP contribution in [-0.2, 0) is 9.63 Å². The first-order valence-electron chi connectivity index (χ1n) is 6.86. The Morgan fingerprint density at radius 3 is 2.75 bits per heavy atom. The number of oxime groups is 1. The van der Waals surface area contributed by atoms with E-state index in [-0.39, 0.29) is 24.2 Å². The first-order chi connectivity index (χ1) is 11.2. The van der Waals surface area contributed by atoms with Crippen LogP contribution in [0.2, 0.25) is 0 Å². The highest BCUT2D eigenvalue weighted by Gasteiger charge is 2.38. The molecular formula is C15H13F5N2O2. The van der Waals surface area contributed by atoms with E-state index in [0.717, 1.165) is 24.3 Å². The second kappa shape index (κ2) is 6.98. The van der Waals surface area contributed by atoms with Crippen molar-refractivity contribution in [2.75, 3.05) is 13.1 Å². The Morgan fingerprint density at radius 2 is 2.12 bits per heavy atom. The molecule has 0 fully saturated rings. The summed E-state index contributed by atoms with van der Waals surface area (Å²) in [5.74, 6) is -2.44. The predicted molar refractivity (Wildman–Crippen MR) is 75.2 cm³/mol. The zero-order chi connectivity index (χ0) is 17.9. The summed E-state index contributed by atoms with van der Waals surface area (Å²) in [6.07, 6.45) is -5.03. The Hall–Kier alpha value is -2.45. The Kier molecular flexibility index (Phi) is 5.20. The first-order valence-corrected chi connectivity index (χ1v) is 6.86. The molecule has 0 saturated heterocycles. The molecule has 1 aliphatic heterocycles. The minimum absolute atomic E-state index is 0.0455. The topological polar surface area (TPSA) is 41.9 Å². The van der Waals surface area contributed by atoms with E-state index < -0.39 is 36.4 Å². The van der Waals surface area contributed by atoms with Crippen LogP contribution in [0.4, 0.5) is 22.0 Å². The molecule has 1 unspecified atom stereocenters. The predicted octanol–water partition coefficient (Wildman–Crippen LogP) is 3.03. The molecular weight excluding hydrogens is 335 g/mol. The van der Waals surface area contributed by atoms with E-state index in [1.54, 1.807) is 0 Å². The molecule has 0 aromatic heterocycles. The molecule has 1 aromatic rings. The molecule has 0 radical (unpaired) electrons. The summed E-state index contributed by atoms with van der Waals surface area (Å²) in [7, 11) is 0. The van der Waals surface area contributed by atoms with E-state index in [0.29, 0.717) is 4.90 Å². The van der Waals surface area contributed by atoms with E-state index in [9.17, 15) is 26.7 Å². The average Bonchev–Trinajstić information content (AvgIpc) is 2.97. The SMILES string of the molecule is C=CCN(CC(F)(F)F)C(=O)C1CC(c2cc(F)ccc2F)=NO1. The van der Waals surface area contributed by atoms with Gasteiger partial charge in [-0.2, -0.15) is 13.2 Å². The molecule has 0 spiro atoms. The molecule has 0 N–H and O–H groups in total. The zero-order valence-electron chi connectivity index (χ0n) is 12.3. The number of amides is 1. The molecule has 0 aliphatic carbocycles. The molecule has 1 aliphatic rings. The molecule has 0 bridgehead atoms. The normalized spacial score (nSPS) is 17.2. The molecule has 9 heteroatoms. The summed E-state index contributed by atoms with van der Waals surface area (Å²) in [5.41, 5.74) is -0.243. The second-order valence-corrected chi connectivity index (χ2v) is 5.08. The smallest absolute Gasteiger partial charge is 0.382 e. The first kappa shape index (κ1) is 17.9. The van der Waals surface area contributed by atoms with Gasteiger partial charge in [-0.15, -0.1) is 6.58 Å². The number of carbonyl (C=O) groups is 1. The lowest BCUT2D eigenvalue weighted by atomic mass is 10.0. The lowest BCUT2D eigenvalue weighted by Crippen LogP contribution is -2.44. The maximum atomic E-state index is 13.7. The third-order valence-electron chi connectivity index (χ3n) is 3.21. The van der Waals surface area contributed by atoms with Crippen LogP contribution in [0.1, 0.15) is 12.0 Å². The quantitative estimate of drug-likeness (QED) is 0.606. The number of rotatable bonds is 5. The van der Waals surface area contributed by atoms with Crippen molar-refractivity contribution in [3.63, 3.8) is 0 Å². The molecule has 1 atom stereocenters. The molecule has 1 heterocycles. The minimum atomic E-state index is -4.59. The Balaban J connectivity index is 2.11. The van der Waals surface area contributed by atoms with Gasteiger partial charge in [-0.1, -0.05) is 11.2 Å². The van der Waals surface area contributed by atoms with Gasteiger partial charge in [-0.25, -0.2) is 8.78 Å². The van der Waals surface area contributed by atoms with Crippen LogP contribution >= 0.6 is 0 Å². The van der Waals surface area contributed by atoms with Gasteiger partial charge < -0.3 is 9.74 Å². The highest BCUT2D eigenvalue weighted by Crippen LogP contribution is 2.23. The standard InChI is InChI=1S/C15H13F5N2O2/c1-2-5-22(8-15(18,19)20)14(23)13-7-12(21-24-13)10-6-9(16)3-4-11(10)17/h2-4,6,13H,1,5,7-8H2. The van der Waals surface area contributed by atoms with Crippen LogP contribution in [0, 0.1) is 11.6 Å². The number of benzene rings is 1. The van der Waals surface area contributed by atoms with Crippen molar-refractivity contribution in [1.29, 1.82) is 0 Å². The van der Waals surface area contributed by atoms with Crippen LogP contribution in [0.5, 0.6) is 0 Å². The van der Waals surface area contributed by atoms with Gasteiger partial charge >= 0.3 is 6.18 Å². The highest BCUT2D eigenvalue weighted by atomic mass is 19.4. The zero-order valence-corrected chi connectivity index (χ0v) is 12.3. The summed E-state index contributed by atoms with van der Waals surface area (Å²) >= 11 is 0. The Labute approximate surface area is 134 Å². The largest absolute Gasteiger partial charge is 0.406 e. The fourth-order valence-corrected chi connectivity index (χ4v) is 2.20. The van der Waals surface area contributed by atoms with Crippen molar-refractivity contribution in [2.24, 2.45) is 5.16 Å². The van der Waals surface area contributed by atoms with Crippen molar-refractivity contribution in [2.45, 2.75) is 18.7 Å². The van der Waals surface area contributed by atoms with Crippen molar-refractivity contribution >= 4 is 11.6 Å². The molecule has 1 amide bonds. The number of carbonyl (C=O) groups excluding carboxylic acids is 1. The van der Waals surface area contributed by atoms with Crippen molar-refractivity contribution < 1.29 is 31.6 Å². The van der Waals surface area contributed by atoms with Crippen LogP contribution in [-0.4, -0.2) is 41.9 Å². The van der Waals surface area contributed by atoms with Crippen molar-refractivity contribution in [1.82, 2.24) is 4.90 Å². The number of hydrogen-bond acceptors (Lipinski definition) is 3. The van der Waals surface area contributed by atoms with E-state index >= 15 is 0 Å². The molecule has 0 saturated carbocycles. The van der Waals surface area contributed by atoms with Gasteiger partial charge in [-0.3, -0.25) is 4.79 Å². The van der Waals surface area contributed by atoms with Crippen LogP contribution in [0.25, 0.3) is 0 Å². The second-order valence-electron chi connectivity index (χ2n) is 5.08. The van der Waals surface area contributed by atoms with E-state index in [1.165, 1.54) is 0 Å². The number of alkyl halides is 3. The Morgan fingerprint density at radius 1 is 1.42 bits per heavy atom. The van der Waals surface area contributed by atoms with Gasteiger partial charge in [0.1, 0.15) is 18.2 Å². The van der Waals surface area contributed by atoms with Crippen LogP contribution in [0.3, 0.4) is 0 Å². The van der Waals surface area contributed by atoms with E-state index in [2.05, 4.69) is 11.7 Å². The third-order valence-corrected chi connectivity index (χ3v) is 3.21. The number of halogens is 5. The van der Waals surface area contributed by atoms with Gasteiger partial charge in [0.15, 0.2) is 0 Å². The maximum Gasteiger partial charge on any atom is 0.406 e. The monoisotopic (exact) mass is 348 g/mol. The summed E-state index contributed by atoms with van der Waals surface area (Å²) < 4.78 is 64.5. The summed E-state index contributed by atoms with van der Waals surface area (Å²) in [6.45, 7) is 1.50. The van der Waals surface area contributed by atoms with Gasteiger partial charge in [-0.05, 0) is 18.2 Å². The highest BCUT2D eigenvalue weighted by molar-refractivity contribution is 6.04. The maximum absolute atomic E-state index is 13.7. The van der Waals surface area contributed by atoms with Crippen LogP contribution in [0.15, 0.2) is 36.0 Å². The lowest BCUT2D eigenvalue weighted by Gasteiger charge is -2.24. The van der Waals surface area contributed by atoms with Gasteiger partial charge in [0.2, 0.25) is 6.10 Å². The molecule has 2 rings (SSSR count). The van der Waals surface area contributed by atoms with E-state index in [4.69, 9.17) is 4.84 Å². The summed E-state index contributed by atoms with van der Waals surface area (Å²) in [6, 6.07) is 2.67. The number of nitrogens with zero attached hydrogens (tertiary/aromatic N) is 2. The van der Waals surface area contributed by atoms with Crippen molar-refractivity contribution in [3.8, 4) is 0 Å². The fourth-order valence-electron chi connectivity index (χ4n) is 2.20. The molecule has 130 valence electrons. The lowest BCUT2D eigenvalue weighted by molar-refractivity contribution is -0.166. The summed E-state index contributed by atoms with van der Waals surface area (Å²) in [5, 5.41) is 3.50. The molecule has 4 nitrogen and oxygen atoms in total. The van der Waals surface area contributed by atoms with Crippen molar-refractivity contribution in [3.05, 3.63) is 48.1 Å². The molecule has 1 aromatic carbocycles. The fraction of sp³-hybridized carbons (Fsp3) is 0.333. The average molecular weight is 348 g/mol.